The molecule has 0 spiro atoms. The summed E-state index contributed by atoms with van der Waals surface area (Å²) in [5.74, 6) is 1.29. The molecule has 1 N–H and O–H groups in total. The Balaban J connectivity index is 2.86. The number of aromatic nitrogens is 2. The highest BCUT2D eigenvalue weighted by Crippen LogP contribution is 2.23. The molecular formula is C14H24ClN3O. The van der Waals surface area contributed by atoms with Gasteiger partial charge in [-0.05, 0) is 19.3 Å². The Morgan fingerprint density at radius 3 is 2.63 bits per heavy atom. The fourth-order valence-electron chi connectivity index (χ4n) is 1.81. The Morgan fingerprint density at radius 2 is 2.05 bits per heavy atom. The summed E-state index contributed by atoms with van der Waals surface area (Å²) in [5.41, 5.74) is 0.994. The van der Waals surface area contributed by atoms with Gasteiger partial charge < -0.3 is 10.1 Å². The Labute approximate surface area is 120 Å². The molecule has 0 aliphatic heterocycles. The average Bonchev–Trinajstić information content (AvgIpc) is 2.38. The first-order chi connectivity index (χ1) is 9.10. The van der Waals surface area contributed by atoms with Gasteiger partial charge in [0, 0.05) is 12.2 Å². The van der Waals surface area contributed by atoms with Gasteiger partial charge in [0.05, 0.1) is 12.6 Å². The van der Waals surface area contributed by atoms with E-state index in [1.807, 2.05) is 6.92 Å². The maximum absolute atomic E-state index is 6.15. The molecule has 0 aliphatic rings. The standard InChI is InChI=1S/C14H24ClN3O/c1-5-7-11-13(15)16-9-17-14(11)18-12(10(3)4)8-19-6-2/h9-10,12H,5-8H2,1-4H3,(H,16,17,18). The Bertz CT molecular complexity index is 385. The minimum Gasteiger partial charge on any atom is -0.380 e. The first-order valence-corrected chi connectivity index (χ1v) is 7.31. The summed E-state index contributed by atoms with van der Waals surface area (Å²) in [7, 11) is 0. The van der Waals surface area contributed by atoms with E-state index in [9.17, 15) is 0 Å². The summed E-state index contributed by atoms with van der Waals surface area (Å²) in [6.45, 7) is 9.84. The molecule has 0 amide bonds. The van der Waals surface area contributed by atoms with Crippen molar-refractivity contribution in [3.05, 3.63) is 17.0 Å². The number of hydrogen-bond acceptors (Lipinski definition) is 4. The van der Waals surface area contributed by atoms with Crippen LogP contribution < -0.4 is 5.32 Å². The van der Waals surface area contributed by atoms with E-state index in [1.165, 1.54) is 6.33 Å². The molecule has 0 saturated carbocycles. The van der Waals surface area contributed by atoms with Crippen LogP contribution in [0, 0.1) is 5.92 Å². The minimum absolute atomic E-state index is 0.224. The van der Waals surface area contributed by atoms with E-state index >= 15 is 0 Å². The maximum atomic E-state index is 6.15. The Kier molecular flexibility index (Phi) is 7.10. The topological polar surface area (TPSA) is 47.0 Å². The number of ether oxygens (including phenoxy) is 1. The molecule has 0 fully saturated rings. The van der Waals surface area contributed by atoms with Gasteiger partial charge in [-0.15, -0.1) is 0 Å². The summed E-state index contributed by atoms with van der Waals surface area (Å²) < 4.78 is 5.52. The van der Waals surface area contributed by atoms with Gasteiger partial charge in [-0.25, -0.2) is 9.97 Å². The first kappa shape index (κ1) is 16.2. The molecule has 0 saturated heterocycles. The van der Waals surface area contributed by atoms with Gasteiger partial charge >= 0.3 is 0 Å². The van der Waals surface area contributed by atoms with Crippen LogP contribution in [0.4, 0.5) is 5.82 Å². The summed E-state index contributed by atoms with van der Waals surface area (Å²) in [4.78, 5) is 8.38. The molecule has 1 aromatic rings. The van der Waals surface area contributed by atoms with E-state index in [0.29, 0.717) is 17.7 Å². The van der Waals surface area contributed by atoms with E-state index in [-0.39, 0.29) is 6.04 Å². The predicted octanol–water partition coefficient (Wildman–Crippen LogP) is 3.56. The van der Waals surface area contributed by atoms with Crippen molar-refractivity contribution in [1.29, 1.82) is 0 Å². The fraction of sp³-hybridized carbons (Fsp3) is 0.714. The third-order valence-corrected chi connectivity index (χ3v) is 3.35. The zero-order valence-electron chi connectivity index (χ0n) is 12.2. The van der Waals surface area contributed by atoms with E-state index in [2.05, 4.69) is 36.1 Å². The molecule has 19 heavy (non-hydrogen) atoms. The van der Waals surface area contributed by atoms with E-state index in [1.54, 1.807) is 0 Å². The van der Waals surface area contributed by atoms with Crippen LogP contribution in [0.5, 0.6) is 0 Å². The van der Waals surface area contributed by atoms with Crippen LogP contribution in [0.15, 0.2) is 6.33 Å². The SMILES string of the molecule is CCCc1c(Cl)ncnc1NC(COCC)C(C)C. The fourth-order valence-corrected chi connectivity index (χ4v) is 2.04. The Hall–Kier alpha value is -0.870. The van der Waals surface area contributed by atoms with E-state index in [0.717, 1.165) is 30.8 Å². The molecule has 108 valence electrons. The number of anilines is 1. The second kappa shape index (κ2) is 8.33. The second-order valence-electron chi connectivity index (χ2n) is 4.90. The molecule has 1 heterocycles. The van der Waals surface area contributed by atoms with Gasteiger partial charge in [-0.1, -0.05) is 38.8 Å². The van der Waals surface area contributed by atoms with Gasteiger partial charge in [-0.3, -0.25) is 0 Å². The molecule has 0 bridgehead atoms. The Morgan fingerprint density at radius 1 is 1.32 bits per heavy atom. The first-order valence-electron chi connectivity index (χ1n) is 6.93. The molecule has 1 unspecified atom stereocenters. The number of nitrogens with one attached hydrogen (secondary N) is 1. The van der Waals surface area contributed by atoms with Gasteiger partial charge in [0.15, 0.2) is 0 Å². The smallest absolute Gasteiger partial charge is 0.137 e. The highest BCUT2D eigenvalue weighted by molar-refractivity contribution is 6.30. The monoisotopic (exact) mass is 285 g/mol. The van der Waals surface area contributed by atoms with Crippen LogP contribution in [0.1, 0.15) is 39.7 Å². The zero-order chi connectivity index (χ0) is 14.3. The molecule has 4 nitrogen and oxygen atoms in total. The second-order valence-corrected chi connectivity index (χ2v) is 5.25. The molecule has 0 aliphatic carbocycles. The van der Waals surface area contributed by atoms with Crippen molar-refractivity contribution in [2.24, 2.45) is 5.92 Å². The third kappa shape index (κ3) is 4.96. The lowest BCUT2D eigenvalue weighted by atomic mass is 10.0. The van der Waals surface area contributed by atoms with Crippen molar-refractivity contribution in [2.75, 3.05) is 18.5 Å². The lowest BCUT2D eigenvalue weighted by molar-refractivity contribution is 0.126. The molecule has 5 heteroatoms. The summed E-state index contributed by atoms with van der Waals surface area (Å²) >= 11 is 6.15. The summed E-state index contributed by atoms with van der Waals surface area (Å²) in [6.07, 6.45) is 3.39. The van der Waals surface area contributed by atoms with Crippen LogP contribution in [0.25, 0.3) is 0 Å². The lowest BCUT2D eigenvalue weighted by Crippen LogP contribution is -2.32. The number of rotatable bonds is 8. The zero-order valence-corrected chi connectivity index (χ0v) is 13.0. The highest BCUT2D eigenvalue weighted by atomic mass is 35.5. The molecule has 1 aromatic heterocycles. The quantitative estimate of drug-likeness (QED) is 0.742. The van der Waals surface area contributed by atoms with Gasteiger partial charge in [0.1, 0.15) is 17.3 Å². The van der Waals surface area contributed by atoms with Crippen molar-refractivity contribution in [2.45, 2.75) is 46.6 Å². The number of halogens is 1. The molecule has 0 radical (unpaired) electrons. The van der Waals surface area contributed by atoms with Crippen molar-refractivity contribution >= 4 is 17.4 Å². The summed E-state index contributed by atoms with van der Waals surface area (Å²) in [5, 5.41) is 3.99. The van der Waals surface area contributed by atoms with E-state index in [4.69, 9.17) is 16.3 Å². The van der Waals surface area contributed by atoms with Gasteiger partial charge in [-0.2, -0.15) is 0 Å². The molecule has 1 rings (SSSR count). The van der Waals surface area contributed by atoms with Crippen LogP contribution in [0.2, 0.25) is 5.15 Å². The molecule has 1 atom stereocenters. The van der Waals surface area contributed by atoms with Crippen molar-refractivity contribution < 1.29 is 4.74 Å². The highest BCUT2D eigenvalue weighted by Gasteiger charge is 2.17. The molecule has 0 aromatic carbocycles. The minimum atomic E-state index is 0.224. The largest absolute Gasteiger partial charge is 0.380 e. The van der Waals surface area contributed by atoms with Crippen LogP contribution >= 0.6 is 11.6 Å². The maximum Gasteiger partial charge on any atom is 0.137 e. The van der Waals surface area contributed by atoms with Crippen molar-refractivity contribution in [3.63, 3.8) is 0 Å². The number of hydrogen-bond donors (Lipinski definition) is 1. The average molecular weight is 286 g/mol. The summed E-state index contributed by atoms with van der Waals surface area (Å²) in [6, 6.07) is 0.224. The van der Waals surface area contributed by atoms with Gasteiger partial charge in [0.2, 0.25) is 0 Å². The van der Waals surface area contributed by atoms with Crippen molar-refractivity contribution in [1.82, 2.24) is 9.97 Å². The van der Waals surface area contributed by atoms with Crippen LogP contribution in [0.3, 0.4) is 0 Å². The van der Waals surface area contributed by atoms with Gasteiger partial charge in [0.25, 0.3) is 0 Å². The predicted molar refractivity (Wildman–Crippen MR) is 79.8 cm³/mol. The van der Waals surface area contributed by atoms with E-state index < -0.39 is 0 Å². The van der Waals surface area contributed by atoms with Crippen LogP contribution in [-0.4, -0.2) is 29.2 Å². The third-order valence-electron chi connectivity index (χ3n) is 3.02. The van der Waals surface area contributed by atoms with Crippen LogP contribution in [-0.2, 0) is 11.2 Å². The number of nitrogens with zero attached hydrogens (tertiary/aromatic N) is 2. The normalized spacial score (nSPS) is 12.7. The molecular weight excluding hydrogens is 262 g/mol. The van der Waals surface area contributed by atoms with Crippen molar-refractivity contribution in [3.8, 4) is 0 Å². The lowest BCUT2D eigenvalue weighted by Gasteiger charge is -2.24.